The van der Waals surface area contributed by atoms with Crippen LogP contribution in [0.2, 0.25) is 0 Å². The Morgan fingerprint density at radius 3 is 2.13 bits per heavy atom. The molecule has 9 nitrogen and oxygen atoms in total. The van der Waals surface area contributed by atoms with E-state index < -0.39 is 11.4 Å². The van der Waals surface area contributed by atoms with Gasteiger partial charge in [0, 0.05) is 12.1 Å². The van der Waals surface area contributed by atoms with E-state index in [-0.39, 0.29) is 10.5 Å². The molecule has 0 aliphatic heterocycles. The predicted molar refractivity (Wildman–Crippen MR) is 84.2 cm³/mol. The molecule has 10 heteroatoms. The van der Waals surface area contributed by atoms with Crippen LogP contribution in [0.25, 0.3) is 0 Å². The Hall–Kier alpha value is -2.88. The molecular weight excluding hydrogens is 324 g/mol. The third kappa shape index (κ3) is 3.48. The van der Waals surface area contributed by atoms with Crippen molar-refractivity contribution in [2.45, 2.75) is 0 Å². The zero-order valence-electron chi connectivity index (χ0n) is 12.5. The number of aromatic amines is 2. The second-order valence-electron chi connectivity index (χ2n) is 4.19. The predicted octanol–water partition coefficient (Wildman–Crippen LogP) is 2.58. The van der Waals surface area contributed by atoms with E-state index in [4.69, 9.17) is 26.4 Å². The van der Waals surface area contributed by atoms with E-state index >= 15 is 0 Å². The first-order valence-electron chi connectivity index (χ1n) is 6.27. The van der Waals surface area contributed by atoms with Crippen molar-refractivity contribution in [3.8, 4) is 23.1 Å². The molecule has 0 spiro atoms. The maximum absolute atomic E-state index is 11.7. The number of rotatable bonds is 5. The first-order chi connectivity index (χ1) is 11.0. The van der Waals surface area contributed by atoms with Crippen LogP contribution in [0.5, 0.6) is 23.1 Å². The van der Waals surface area contributed by atoms with Crippen molar-refractivity contribution in [3.05, 3.63) is 27.3 Å². The second kappa shape index (κ2) is 6.92. The molecule has 1 aromatic heterocycles. The molecule has 0 radical (unpaired) electrons. The third-order valence-electron chi connectivity index (χ3n) is 2.81. The molecule has 0 atom stereocenters. The molecule has 1 aromatic carbocycles. The van der Waals surface area contributed by atoms with Crippen LogP contribution >= 0.6 is 12.2 Å². The highest BCUT2D eigenvalue weighted by atomic mass is 32.1. The summed E-state index contributed by atoms with van der Waals surface area (Å²) in [6.45, 7) is 0. The molecule has 23 heavy (non-hydrogen) atoms. The quantitative estimate of drug-likeness (QED) is 0.569. The van der Waals surface area contributed by atoms with Crippen molar-refractivity contribution in [1.29, 1.82) is 0 Å². The summed E-state index contributed by atoms with van der Waals surface area (Å²) in [5.41, 5.74) is -0.629. The number of azo groups is 1. The number of hydrogen-bond acceptors (Lipinski definition) is 8. The fourth-order valence-corrected chi connectivity index (χ4v) is 1.98. The monoisotopic (exact) mass is 338 g/mol. The lowest BCUT2D eigenvalue weighted by Crippen LogP contribution is -2.06. The number of methoxy groups -OCH3 is 3. The zero-order valence-corrected chi connectivity index (χ0v) is 13.4. The van der Waals surface area contributed by atoms with Crippen molar-refractivity contribution in [1.82, 2.24) is 9.97 Å². The molecule has 0 aliphatic carbocycles. The smallest absolute Gasteiger partial charge is 0.283 e. The van der Waals surface area contributed by atoms with Crippen molar-refractivity contribution < 1.29 is 19.3 Å². The summed E-state index contributed by atoms with van der Waals surface area (Å²) >= 11 is 4.73. The fraction of sp³-hybridized carbons (Fsp3) is 0.231. The van der Waals surface area contributed by atoms with Gasteiger partial charge >= 0.3 is 0 Å². The lowest BCUT2D eigenvalue weighted by atomic mass is 10.2. The maximum atomic E-state index is 11.7. The number of benzene rings is 1. The van der Waals surface area contributed by atoms with Crippen LogP contribution in [0.1, 0.15) is 0 Å². The van der Waals surface area contributed by atoms with Gasteiger partial charge in [-0.15, -0.1) is 10.2 Å². The third-order valence-corrected chi connectivity index (χ3v) is 3.02. The number of nitrogens with zero attached hydrogens (tertiary/aromatic N) is 2. The molecule has 0 fully saturated rings. The first-order valence-corrected chi connectivity index (χ1v) is 6.68. The Morgan fingerprint density at radius 2 is 1.65 bits per heavy atom. The van der Waals surface area contributed by atoms with Gasteiger partial charge in [0.1, 0.15) is 0 Å². The van der Waals surface area contributed by atoms with Gasteiger partial charge in [0.15, 0.2) is 16.3 Å². The van der Waals surface area contributed by atoms with Gasteiger partial charge in [0.25, 0.3) is 5.56 Å². The van der Waals surface area contributed by atoms with Crippen molar-refractivity contribution in [2.24, 2.45) is 10.2 Å². The van der Waals surface area contributed by atoms with Gasteiger partial charge in [-0.2, -0.15) is 0 Å². The highest BCUT2D eigenvalue weighted by Gasteiger charge is 2.13. The summed E-state index contributed by atoms with van der Waals surface area (Å²) in [5.74, 6) is 0.686. The zero-order chi connectivity index (χ0) is 17.0. The normalized spacial score (nSPS) is 10.7. The van der Waals surface area contributed by atoms with Crippen LogP contribution in [0.15, 0.2) is 27.2 Å². The standard InChI is InChI=1S/C13H14N4O5S/c1-20-7-4-6(5-8(21-2)10(7)22-3)16-17-9-11(18)14-13(23)15-12(9)19/h4-5H,1-3H3,(H3,14,15,18,19,23). The Balaban J connectivity index is 2.48. The van der Waals surface area contributed by atoms with Crippen LogP contribution in [-0.2, 0) is 0 Å². The van der Waals surface area contributed by atoms with Crippen LogP contribution in [0.3, 0.4) is 0 Å². The number of H-pyrrole nitrogens is 2. The van der Waals surface area contributed by atoms with Crippen LogP contribution in [0.4, 0.5) is 11.4 Å². The minimum absolute atomic E-state index is 0.0146. The molecule has 2 aromatic rings. The topological polar surface area (TPSA) is 121 Å². The van der Waals surface area contributed by atoms with E-state index in [1.165, 1.54) is 21.3 Å². The van der Waals surface area contributed by atoms with Gasteiger partial charge in [-0.1, -0.05) is 0 Å². The number of nitrogens with one attached hydrogen (secondary N) is 2. The molecule has 3 N–H and O–H groups in total. The summed E-state index contributed by atoms with van der Waals surface area (Å²) < 4.78 is 15.6. The number of hydrogen-bond donors (Lipinski definition) is 3. The average molecular weight is 338 g/mol. The first kappa shape index (κ1) is 16.5. The van der Waals surface area contributed by atoms with E-state index in [0.29, 0.717) is 22.9 Å². The number of ether oxygens (including phenoxy) is 3. The molecule has 0 amide bonds. The summed E-state index contributed by atoms with van der Waals surface area (Å²) in [4.78, 5) is 16.4. The summed E-state index contributed by atoms with van der Waals surface area (Å²) in [6, 6.07) is 3.09. The molecule has 0 saturated carbocycles. The molecule has 0 aliphatic rings. The Kier molecular flexibility index (Phi) is 4.96. The number of aromatic hydroxyl groups is 1. The summed E-state index contributed by atoms with van der Waals surface area (Å²) in [7, 11) is 4.41. The highest BCUT2D eigenvalue weighted by molar-refractivity contribution is 7.71. The Labute approximate surface area is 135 Å². The molecular formula is C13H14N4O5S. The van der Waals surface area contributed by atoms with Crippen LogP contribution in [0, 0.1) is 4.77 Å². The minimum Gasteiger partial charge on any atom is -0.493 e. The molecule has 1 heterocycles. The molecule has 0 unspecified atom stereocenters. The fourth-order valence-electron chi connectivity index (χ4n) is 1.79. The van der Waals surface area contributed by atoms with Gasteiger partial charge in [-0.25, -0.2) is 0 Å². The van der Waals surface area contributed by atoms with Gasteiger partial charge in [-0.3, -0.25) is 9.78 Å². The molecule has 0 bridgehead atoms. The molecule has 2 rings (SSSR count). The lowest BCUT2D eigenvalue weighted by molar-refractivity contribution is 0.324. The van der Waals surface area contributed by atoms with E-state index in [1.54, 1.807) is 12.1 Å². The molecule has 122 valence electrons. The second-order valence-corrected chi connectivity index (χ2v) is 4.60. The van der Waals surface area contributed by atoms with Crippen LogP contribution < -0.4 is 19.8 Å². The Bertz CT molecular complexity index is 833. The van der Waals surface area contributed by atoms with Gasteiger partial charge in [0.05, 0.1) is 27.0 Å². The van der Waals surface area contributed by atoms with Crippen LogP contribution in [-0.4, -0.2) is 36.4 Å². The summed E-state index contributed by atoms with van der Waals surface area (Å²) in [5, 5.41) is 17.3. The largest absolute Gasteiger partial charge is 0.493 e. The lowest BCUT2D eigenvalue weighted by Gasteiger charge is -2.12. The Morgan fingerprint density at radius 1 is 1.04 bits per heavy atom. The van der Waals surface area contributed by atoms with E-state index in [1.807, 2.05) is 0 Å². The SMILES string of the molecule is COc1cc(N=Nc2c(O)[nH]c(=S)[nH]c2=O)cc(OC)c1OC. The van der Waals surface area contributed by atoms with Gasteiger partial charge < -0.3 is 24.3 Å². The minimum atomic E-state index is -0.664. The highest BCUT2D eigenvalue weighted by Crippen LogP contribution is 2.41. The van der Waals surface area contributed by atoms with E-state index in [9.17, 15) is 9.90 Å². The van der Waals surface area contributed by atoms with Crippen molar-refractivity contribution in [3.63, 3.8) is 0 Å². The van der Waals surface area contributed by atoms with Gasteiger partial charge in [-0.05, 0) is 12.2 Å². The maximum Gasteiger partial charge on any atom is 0.283 e. The number of aromatic nitrogens is 2. The van der Waals surface area contributed by atoms with E-state index in [2.05, 4.69) is 20.2 Å². The average Bonchev–Trinajstić information content (AvgIpc) is 2.52. The molecule has 0 saturated heterocycles. The summed E-state index contributed by atoms with van der Waals surface area (Å²) in [6.07, 6.45) is 0. The van der Waals surface area contributed by atoms with Crippen molar-refractivity contribution in [2.75, 3.05) is 21.3 Å². The van der Waals surface area contributed by atoms with Gasteiger partial charge in [0.2, 0.25) is 17.3 Å². The van der Waals surface area contributed by atoms with E-state index in [0.717, 1.165) is 0 Å². The van der Waals surface area contributed by atoms with Crippen molar-refractivity contribution >= 4 is 23.6 Å².